The number of ether oxygens (including phenoxy) is 3. The monoisotopic (exact) mass is 458 g/mol. The van der Waals surface area contributed by atoms with Gasteiger partial charge < -0.3 is 24.1 Å². The van der Waals surface area contributed by atoms with Gasteiger partial charge in [-0.3, -0.25) is 0 Å². The van der Waals surface area contributed by atoms with E-state index in [1.165, 1.54) is 12.5 Å². The molecule has 0 aliphatic carbocycles. The average Bonchev–Trinajstić information content (AvgIpc) is 3.22. The molecule has 0 radical (unpaired) electrons. The molecule has 1 N–H and O–H groups in total. The first-order valence-electron chi connectivity index (χ1n) is 11.2. The van der Waals surface area contributed by atoms with Gasteiger partial charge in [0, 0.05) is 35.8 Å². The van der Waals surface area contributed by atoms with Crippen LogP contribution in [0.3, 0.4) is 0 Å². The highest BCUT2D eigenvalue weighted by Crippen LogP contribution is 2.36. The Kier molecular flexibility index (Phi) is 7.07. The summed E-state index contributed by atoms with van der Waals surface area (Å²) in [5.74, 6) is 1.19. The zero-order valence-corrected chi connectivity index (χ0v) is 19.9. The molecule has 0 aliphatic heterocycles. The molecule has 0 bridgehead atoms. The molecular weight excluding hydrogens is 428 g/mol. The van der Waals surface area contributed by atoms with Crippen LogP contribution in [0.2, 0.25) is 0 Å². The lowest BCUT2D eigenvalue weighted by molar-refractivity contribution is -0.141. The van der Waals surface area contributed by atoms with Gasteiger partial charge in [-0.05, 0) is 60.0 Å². The van der Waals surface area contributed by atoms with E-state index in [9.17, 15) is 4.79 Å². The fourth-order valence-electron chi connectivity index (χ4n) is 4.41. The maximum absolute atomic E-state index is 12.9. The van der Waals surface area contributed by atoms with Gasteiger partial charge in [0.2, 0.25) is 0 Å². The lowest BCUT2D eigenvalue weighted by Crippen LogP contribution is -2.32. The van der Waals surface area contributed by atoms with E-state index in [2.05, 4.69) is 40.3 Å². The van der Waals surface area contributed by atoms with Crippen LogP contribution in [-0.4, -0.2) is 37.9 Å². The van der Waals surface area contributed by atoms with Crippen LogP contribution in [0, 0.1) is 0 Å². The van der Waals surface area contributed by atoms with Crippen molar-refractivity contribution in [2.45, 2.75) is 18.4 Å². The van der Waals surface area contributed by atoms with Crippen LogP contribution in [0.4, 0.5) is 5.69 Å². The third-order valence-corrected chi connectivity index (χ3v) is 6.21. The number of aromatic nitrogens is 1. The van der Waals surface area contributed by atoms with Crippen LogP contribution in [0.25, 0.3) is 10.9 Å². The first-order chi connectivity index (χ1) is 16.5. The molecule has 34 heavy (non-hydrogen) atoms. The van der Waals surface area contributed by atoms with Gasteiger partial charge in [-0.25, -0.2) is 4.79 Å². The highest BCUT2D eigenvalue weighted by atomic mass is 16.5. The predicted octanol–water partition coefficient (Wildman–Crippen LogP) is 5.37. The summed E-state index contributed by atoms with van der Waals surface area (Å²) in [4.78, 5) is 12.9. The molecule has 4 aromatic rings. The van der Waals surface area contributed by atoms with E-state index in [0.29, 0.717) is 6.42 Å². The molecule has 0 amide bonds. The summed E-state index contributed by atoms with van der Waals surface area (Å²) in [5.41, 5.74) is 4.23. The van der Waals surface area contributed by atoms with Gasteiger partial charge in [0.1, 0.15) is 17.5 Å². The Morgan fingerprint density at radius 2 is 1.50 bits per heavy atom. The number of carbonyl (C=O) groups excluding carboxylic acids is 1. The Morgan fingerprint density at radius 1 is 0.882 bits per heavy atom. The largest absolute Gasteiger partial charge is 0.497 e. The van der Waals surface area contributed by atoms with Crippen molar-refractivity contribution in [3.05, 3.63) is 90.1 Å². The van der Waals surface area contributed by atoms with E-state index in [4.69, 9.17) is 14.2 Å². The van der Waals surface area contributed by atoms with Gasteiger partial charge in [-0.2, -0.15) is 0 Å². The molecule has 6 nitrogen and oxygen atoms in total. The lowest BCUT2D eigenvalue weighted by atomic mass is 9.85. The molecule has 1 heterocycles. The second-order valence-electron chi connectivity index (χ2n) is 8.22. The van der Waals surface area contributed by atoms with Gasteiger partial charge in [0.05, 0.1) is 21.3 Å². The summed E-state index contributed by atoms with van der Waals surface area (Å²) in [5, 5.41) is 4.53. The summed E-state index contributed by atoms with van der Waals surface area (Å²) in [6, 6.07) is 23.3. The second-order valence-corrected chi connectivity index (χ2v) is 8.22. The van der Waals surface area contributed by atoms with Crippen LogP contribution in [0.5, 0.6) is 11.5 Å². The Hall–Kier alpha value is -3.93. The molecule has 1 aromatic heterocycles. The minimum absolute atomic E-state index is 0.0492. The first kappa shape index (κ1) is 23.2. The molecule has 0 saturated heterocycles. The number of para-hydroxylation sites is 1. The summed E-state index contributed by atoms with van der Waals surface area (Å²) in [6.45, 7) is 0. The standard InChI is InChI=1S/C28H30N2O4/c1-30-18-25(23-7-5-6-8-27(23)30)24(19-9-13-21(32-2)14-10-19)17-26(28(31)34-4)29-20-11-15-22(33-3)16-12-20/h5-16,18,24,26,29H,17H2,1-4H3/t24-,26-/m0/s1. The lowest BCUT2D eigenvalue weighted by Gasteiger charge is -2.24. The fourth-order valence-corrected chi connectivity index (χ4v) is 4.41. The summed E-state index contributed by atoms with van der Waals surface area (Å²) >= 11 is 0. The molecule has 0 saturated carbocycles. The third-order valence-electron chi connectivity index (χ3n) is 6.21. The van der Waals surface area contributed by atoms with Crippen LogP contribution in [0.1, 0.15) is 23.5 Å². The van der Waals surface area contributed by atoms with E-state index >= 15 is 0 Å². The quantitative estimate of drug-likeness (QED) is 0.342. The predicted molar refractivity (Wildman–Crippen MR) is 135 cm³/mol. The SMILES string of the molecule is COC(=O)[C@H](C[C@@H](c1ccc(OC)cc1)c1cn(C)c2ccccc12)Nc1ccc(OC)cc1. The molecule has 4 rings (SSSR count). The number of nitrogens with zero attached hydrogens (tertiary/aromatic N) is 1. The Bertz CT molecular complexity index is 1250. The van der Waals surface area contributed by atoms with Crippen molar-refractivity contribution in [2.75, 3.05) is 26.6 Å². The number of benzene rings is 3. The maximum Gasteiger partial charge on any atom is 0.328 e. The van der Waals surface area contributed by atoms with E-state index in [-0.39, 0.29) is 11.9 Å². The Morgan fingerprint density at radius 3 is 2.12 bits per heavy atom. The molecule has 0 aliphatic rings. The summed E-state index contributed by atoms with van der Waals surface area (Å²) in [7, 11) is 6.75. The average molecular weight is 459 g/mol. The second kappa shape index (κ2) is 10.3. The zero-order chi connectivity index (χ0) is 24.1. The number of carbonyl (C=O) groups is 1. The van der Waals surface area contributed by atoms with Gasteiger partial charge in [-0.1, -0.05) is 30.3 Å². The van der Waals surface area contributed by atoms with Crippen LogP contribution in [-0.2, 0) is 16.6 Å². The number of fused-ring (bicyclic) bond motifs is 1. The van der Waals surface area contributed by atoms with Gasteiger partial charge in [-0.15, -0.1) is 0 Å². The third kappa shape index (κ3) is 4.86. The Labute approximate surface area is 200 Å². The zero-order valence-electron chi connectivity index (χ0n) is 19.9. The fraction of sp³-hybridized carbons (Fsp3) is 0.250. The van der Waals surface area contributed by atoms with Gasteiger partial charge in [0.15, 0.2) is 0 Å². The molecule has 6 heteroatoms. The number of rotatable bonds is 9. The first-order valence-corrected chi connectivity index (χ1v) is 11.2. The van der Waals surface area contributed by atoms with Crippen molar-refractivity contribution < 1.29 is 19.0 Å². The molecular formula is C28H30N2O4. The number of hydrogen-bond acceptors (Lipinski definition) is 5. The van der Waals surface area contributed by atoms with Crippen molar-refractivity contribution in [1.29, 1.82) is 0 Å². The Balaban J connectivity index is 1.74. The van der Waals surface area contributed by atoms with Gasteiger partial charge >= 0.3 is 5.97 Å². The number of methoxy groups -OCH3 is 3. The van der Waals surface area contributed by atoms with Crippen molar-refractivity contribution >= 4 is 22.6 Å². The number of esters is 1. The van der Waals surface area contributed by atoms with E-state index < -0.39 is 6.04 Å². The summed E-state index contributed by atoms with van der Waals surface area (Å²) < 4.78 is 17.9. The van der Waals surface area contributed by atoms with Crippen molar-refractivity contribution in [3.8, 4) is 11.5 Å². The van der Waals surface area contributed by atoms with E-state index in [1.807, 2.05) is 55.6 Å². The van der Waals surface area contributed by atoms with Crippen molar-refractivity contribution in [1.82, 2.24) is 4.57 Å². The smallest absolute Gasteiger partial charge is 0.328 e. The normalized spacial score (nSPS) is 12.7. The number of anilines is 1. The number of hydrogen-bond donors (Lipinski definition) is 1. The molecule has 0 fully saturated rings. The van der Waals surface area contributed by atoms with Crippen LogP contribution >= 0.6 is 0 Å². The molecule has 0 unspecified atom stereocenters. The highest BCUT2D eigenvalue weighted by molar-refractivity contribution is 5.85. The summed E-state index contributed by atoms with van der Waals surface area (Å²) in [6.07, 6.45) is 2.67. The molecule has 3 aromatic carbocycles. The number of aryl methyl sites for hydroxylation is 1. The van der Waals surface area contributed by atoms with Crippen LogP contribution < -0.4 is 14.8 Å². The minimum atomic E-state index is -0.551. The minimum Gasteiger partial charge on any atom is -0.497 e. The van der Waals surface area contributed by atoms with Gasteiger partial charge in [0.25, 0.3) is 0 Å². The van der Waals surface area contributed by atoms with Crippen molar-refractivity contribution in [3.63, 3.8) is 0 Å². The maximum atomic E-state index is 12.9. The molecule has 176 valence electrons. The van der Waals surface area contributed by atoms with E-state index in [0.717, 1.165) is 33.8 Å². The van der Waals surface area contributed by atoms with E-state index in [1.54, 1.807) is 14.2 Å². The molecule has 2 atom stereocenters. The highest BCUT2D eigenvalue weighted by Gasteiger charge is 2.28. The van der Waals surface area contributed by atoms with Crippen molar-refractivity contribution in [2.24, 2.45) is 7.05 Å². The molecule has 0 spiro atoms. The van der Waals surface area contributed by atoms with Crippen LogP contribution in [0.15, 0.2) is 79.0 Å². The number of nitrogens with one attached hydrogen (secondary N) is 1. The topological polar surface area (TPSA) is 61.7 Å².